The van der Waals surface area contributed by atoms with Crippen LogP contribution in [0.25, 0.3) is 0 Å². The highest BCUT2D eigenvalue weighted by Crippen LogP contribution is 2.36. The van der Waals surface area contributed by atoms with Crippen molar-refractivity contribution in [2.24, 2.45) is 5.73 Å². The molecule has 1 aliphatic rings. The molecule has 0 amide bonds. The molecule has 2 N–H and O–H groups in total. The Hall–Kier alpha value is -0.860. The van der Waals surface area contributed by atoms with Gasteiger partial charge in [-0.15, -0.1) is 0 Å². The molecule has 1 unspecified atom stereocenters. The lowest BCUT2D eigenvalue weighted by atomic mass is 9.84. The summed E-state index contributed by atoms with van der Waals surface area (Å²) in [5, 5.41) is 0. The Balaban J connectivity index is 2.10. The van der Waals surface area contributed by atoms with Crippen LogP contribution in [0.5, 0.6) is 0 Å². The van der Waals surface area contributed by atoms with Gasteiger partial charge in [-0.25, -0.2) is 0 Å². The zero-order valence-electron chi connectivity index (χ0n) is 11.0. The van der Waals surface area contributed by atoms with Crippen LogP contribution < -0.4 is 5.73 Å². The van der Waals surface area contributed by atoms with E-state index >= 15 is 0 Å². The molecule has 94 valence electrons. The van der Waals surface area contributed by atoms with Crippen molar-refractivity contribution in [3.63, 3.8) is 0 Å². The van der Waals surface area contributed by atoms with Gasteiger partial charge in [-0.2, -0.15) is 0 Å². The first-order chi connectivity index (χ1) is 8.15. The standard InChI is InChI=1S/C15H24N2/c1-17(2)15(10-6-7-11-15)14(16)12-13-8-4-3-5-9-13/h3-5,8-9,14H,6-7,10-12,16H2,1-2H3. The van der Waals surface area contributed by atoms with E-state index in [0.717, 1.165) is 6.42 Å². The van der Waals surface area contributed by atoms with Gasteiger partial charge in [0.2, 0.25) is 0 Å². The fraction of sp³-hybridized carbons (Fsp3) is 0.600. The predicted molar refractivity (Wildman–Crippen MR) is 73.0 cm³/mol. The van der Waals surface area contributed by atoms with Crippen molar-refractivity contribution < 1.29 is 0 Å². The molecule has 1 aromatic carbocycles. The minimum atomic E-state index is 0.218. The molecular weight excluding hydrogens is 208 g/mol. The van der Waals surface area contributed by atoms with Gasteiger partial charge in [-0.1, -0.05) is 43.2 Å². The van der Waals surface area contributed by atoms with Gasteiger partial charge < -0.3 is 10.6 Å². The summed E-state index contributed by atoms with van der Waals surface area (Å²) in [5.74, 6) is 0. The zero-order chi connectivity index (χ0) is 12.3. The number of likely N-dealkylation sites (N-methyl/N-ethyl adjacent to an activating group) is 1. The summed E-state index contributed by atoms with van der Waals surface area (Å²) in [7, 11) is 4.35. The topological polar surface area (TPSA) is 29.3 Å². The second-order valence-corrected chi connectivity index (χ2v) is 5.50. The highest BCUT2D eigenvalue weighted by Gasteiger charge is 2.41. The van der Waals surface area contributed by atoms with E-state index in [1.54, 1.807) is 0 Å². The van der Waals surface area contributed by atoms with Gasteiger partial charge in [-0.3, -0.25) is 0 Å². The molecule has 1 fully saturated rings. The van der Waals surface area contributed by atoms with Crippen LogP contribution in [0.4, 0.5) is 0 Å². The molecule has 0 aromatic heterocycles. The Morgan fingerprint density at radius 2 is 1.76 bits per heavy atom. The zero-order valence-corrected chi connectivity index (χ0v) is 11.0. The Kier molecular flexibility index (Phi) is 3.85. The van der Waals surface area contributed by atoms with Crippen molar-refractivity contribution >= 4 is 0 Å². The molecule has 1 aliphatic carbocycles. The molecule has 2 rings (SSSR count). The van der Waals surface area contributed by atoms with E-state index in [2.05, 4.69) is 49.3 Å². The Morgan fingerprint density at radius 3 is 2.29 bits per heavy atom. The van der Waals surface area contributed by atoms with Gasteiger partial charge in [0.15, 0.2) is 0 Å². The van der Waals surface area contributed by atoms with E-state index in [-0.39, 0.29) is 11.6 Å². The third kappa shape index (κ3) is 2.53. The van der Waals surface area contributed by atoms with Gasteiger partial charge >= 0.3 is 0 Å². The maximum Gasteiger partial charge on any atom is 0.0357 e. The van der Waals surface area contributed by atoms with Crippen molar-refractivity contribution in [1.29, 1.82) is 0 Å². The summed E-state index contributed by atoms with van der Waals surface area (Å²) in [5.41, 5.74) is 8.08. The number of rotatable bonds is 4. The van der Waals surface area contributed by atoms with Crippen LogP contribution in [-0.2, 0) is 6.42 Å². The van der Waals surface area contributed by atoms with Gasteiger partial charge in [-0.05, 0) is 38.9 Å². The lowest BCUT2D eigenvalue weighted by Gasteiger charge is -2.41. The molecule has 1 atom stereocenters. The highest BCUT2D eigenvalue weighted by atomic mass is 15.2. The molecule has 2 heteroatoms. The quantitative estimate of drug-likeness (QED) is 0.864. The van der Waals surface area contributed by atoms with Crippen LogP contribution >= 0.6 is 0 Å². The van der Waals surface area contributed by atoms with Crippen LogP contribution in [0.3, 0.4) is 0 Å². The van der Waals surface area contributed by atoms with E-state index in [0.29, 0.717) is 0 Å². The second kappa shape index (κ2) is 5.19. The third-order valence-corrected chi connectivity index (χ3v) is 4.35. The molecular formula is C15H24N2. The Bertz CT molecular complexity index is 339. The van der Waals surface area contributed by atoms with Crippen molar-refractivity contribution in [3.05, 3.63) is 35.9 Å². The van der Waals surface area contributed by atoms with Gasteiger partial charge in [0.1, 0.15) is 0 Å². The van der Waals surface area contributed by atoms with E-state index in [1.807, 2.05) is 0 Å². The number of hydrogen-bond donors (Lipinski definition) is 1. The van der Waals surface area contributed by atoms with Crippen LogP contribution in [0.15, 0.2) is 30.3 Å². The molecule has 1 saturated carbocycles. The molecule has 0 heterocycles. The summed E-state index contributed by atoms with van der Waals surface area (Å²) in [6.07, 6.45) is 6.11. The van der Waals surface area contributed by atoms with Crippen molar-refractivity contribution in [1.82, 2.24) is 4.90 Å². The number of hydrogen-bond acceptors (Lipinski definition) is 2. The maximum atomic E-state index is 6.51. The van der Waals surface area contributed by atoms with E-state index < -0.39 is 0 Å². The minimum absolute atomic E-state index is 0.218. The van der Waals surface area contributed by atoms with E-state index in [1.165, 1.54) is 31.2 Å². The molecule has 0 radical (unpaired) electrons. The van der Waals surface area contributed by atoms with Crippen LogP contribution in [0, 0.1) is 0 Å². The smallest absolute Gasteiger partial charge is 0.0357 e. The normalized spacial score (nSPS) is 20.7. The summed E-state index contributed by atoms with van der Waals surface area (Å²) in [4.78, 5) is 2.35. The Labute approximate surface area is 105 Å². The van der Waals surface area contributed by atoms with Gasteiger partial charge in [0.05, 0.1) is 0 Å². The van der Waals surface area contributed by atoms with Crippen LogP contribution in [-0.4, -0.2) is 30.6 Å². The van der Waals surface area contributed by atoms with Crippen LogP contribution in [0.2, 0.25) is 0 Å². The summed E-state index contributed by atoms with van der Waals surface area (Å²) < 4.78 is 0. The first-order valence-electron chi connectivity index (χ1n) is 6.62. The number of nitrogens with two attached hydrogens (primary N) is 1. The second-order valence-electron chi connectivity index (χ2n) is 5.50. The molecule has 2 nitrogen and oxygen atoms in total. The largest absolute Gasteiger partial charge is 0.326 e. The predicted octanol–water partition coefficient (Wildman–Crippen LogP) is 2.43. The Morgan fingerprint density at radius 1 is 1.18 bits per heavy atom. The lowest BCUT2D eigenvalue weighted by molar-refractivity contribution is 0.123. The monoisotopic (exact) mass is 232 g/mol. The van der Waals surface area contributed by atoms with Crippen LogP contribution in [0.1, 0.15) is 31.2 Å². The molecule has 1 aromatic rings. The average Bonchev–Trinajstić information content (AvgIpc) is 2.80. The average molecular weight is 232 g/mol. The fourth-order valence-electron chi connectivity index (χ4n) is 3.19. The number of nitrogens with zero attached hydrogens (tertiary/aromatic N) is 1. The van der Waals surface area contributed by atoms with E-state index in [4.69, 9.17) is 5.73 Å². The highest BCUT2D eigenvalue weighted by molar-refractivity contribution is 5.18. The maximum absolute atomic E-state index is 6.51. The molecule has 0 bridgehead atoms. The van der Waals surface area contributed by atoms with E-state index in [9.17, 15) is 0 Å². The third-order valence-electron chi connectivity index (χ3n) is 4.35. The first kappa shape index (κ1) is 12.6. The summed E-state index contributed by atoms with van der Waals surface area (Å²) in [6, 6.07) is 10.9. The molecule has 0 aliphatic heterocycles. The van der Waals surface area contributed by atoms with Crippen molar-refractivity contribution in [2.45, 2.75) is 43.7 Å². The summed E-state index contributed by atoms with van der Waals surface area (Å²) in [6.45, 7) is 0. The number of benzene rings is 1. The summed E-state index contributed by atoms with van der Waals surface area (Å²) >= 11 is 0. The fourth-order valence-corrected chi connectivity index (χ4v) is 3.19. The first-order valence-corrected chi connectivity index (χ1v) is 6.62. The van der Waals surface area contributed by atoms with Gasteiger partial charge in [0.25, 0.3) is 0 Å². The molecule has 17 heavy (non-hydrogen) atoms. The van der Waals surface area contributed by atoms with Crippen molar-refractivity contribution in [3.8, 4) is 0 Å². The minimum Gasteiger partial charge on any atom is -0.326 e. The SMILES string of the molecule is CN(C)C1(C(N)Cc2ccccc2)CCCC1. The van der Waals surface area contributed by atoms with Gasteiger partial charge in [0, 0.05) is 11.6 Å². The molecule has 0 spiro atoms. The lowest BCUT2D eigenvalue weighted by Crippen LogP contribution is -2.56. The molecule has 0 saturated heterocycles. The van der Waals surface area contributed by atoms with Crippen molar-refractivity contribution in [2.75, 3.05) is 14.1 Å².